The fraction of sp³-hybridized carbons (Fsp3) is 1.00. The molecule has 2 unspecified atom stereocenters. The molecule has 0 bridgehead atoms. The van der Waals surface area contributed by atoms with Crippen LogP contribution in [0.5, 0.6) is 0 Å². The van der Waals surface area contributed by atoms with Gasteiger partial charge in [0.25, 0.3) is 0 Å². The first-order valence-corrected chi connectivity index (χ1v) is 3.27. The Balaban J connectivity index is 2.55. The SMILES string of the molecule is CCC1(C)CC1(F)Cl. The van der Waals surface area contributed by atoms with Gasteiger partial charge in [0.1, 0.15) is 0 Å². The number of alkyl halides is 2. The van der Waals surface area contributed by atoms with Crippen molar-refractivity contribution in [2.75, 3.05) is 0 Å². The van der Waals surface area contributed by atoms with E-state index in [1.165, 1.54) is 0 Å². The van der Waals surface area contributed by atoms with Crippen molar-refractivity contribution in [1.29, 1.82) is 0 Å². The summed E-state index contributed by atoms with van der Waals surface area (Å²) in [4.78, 5) is 0. The molecule has 0 N–H and O–H groups in total. The van der Waals surface area contributed by atoms with Crippen LogP contribution in [-0.2, 0) is 0 Å². The Bertz CT molecular complexity index is 111. The van der Waals surface area contributed by atoms with Gasteiger partial charge in [-0.25, -0.2) is 4.39 Å². The molecule has 48 valence electrons. The largest absolute Gasteiger partial charge is 0.226 e. The molecule has 8 heavy (non-hydrogen) atoms. The molecule has 0 aromatic rings. The van der Waals surface area contributed by atoms with E-state index >= 15 is 0 Å². The zero-order valence-electron chi connectivity index (χ0n) is 5.17. The lowest BCUT2D eigenvalue weighted by molar-refractivity contribution is 0.328. The maximum atomic E-state index is 12.6. The Morgan fingerprint density at radius 3 is 2.12 bits per heavy atom. The molecule has 0 heterocycles. The number of rotatable bonds is 1. The maximum Gasteiger partial charge on any atom is 0.189 e. The predicted octanol–water partition coefficient (Wildman–Crippen LogP) is 2.71. The lowest BCUT2D eigenvalue weighted by atomic mass is 10.1. The van der Waals surface area contributed by atoms with E-state index < -0.39 is 5.13 Å². The van der Waals surface area contributed by atoms with E-state index in [2.05, 4.69) is 0 Å². The first kappa shape index (κ1) is 6.34. The van der Waals surface area contributed by atoms with Crippen LogP contribution in [0.2, 0.25) is 0 Å². The smallest absolute Gasteiger partial charge is 0.189 e. The minimum Gasteiger partial charge on any atom is -0.226 e. The molecule has 1 aliphatic carbocycles. The molecule has 0 spiro atoms. The zero-order valence-corrected chi connectivity index (χ0v) is 5.93. The summed E-state index contributed by atoms with van der Waals surface area (Å²) in [5.41, 5.74) is -0.214. The summed E-state index contributed by atoms with van der Waals surface area (Å²) >= 11 is 5.38. The first-order chi connectivity index (χ1) is 3.52. The lowest BCUT2D eigenvalue weighted by Crippen LogP contribution is -2.02. The summed E-state index contributed by atoms with van der Waals surface area (Å²) in [5, 5.41) is -1.37. The molecular formula is C6H10ClF. The Hall–Kier alpha value is 0.220. The van der Waals surface area contributed by atoms with Gasteiger partial charge in [0, 0.05) is 11.8 Å². The van der Waals surface area contributed by atoms with Gasteiger partial charge in [-0.1, -0.05) is 25.4 Å². The summed E-state index contributed by atoms with van der Waals surface area (Å²) in [5.74, 6) is 0. The van der Waals surface area contributed by atoms with Gasteiger partial charge >= 0.3 is 0 Å². The van der Waals surface area contributed by atoms with E-state index in [0.29, 0.717) is 6.42 Å². The van der Waals surface area contributed by atoms with Crippen LogP contribution in [0.3, 0.4) is 0 Å². The average Bonchev–Trinajstić information content (AvgIpc) is 2.10. The van der Waals surface area contributed by atoms with E-state index in [9.17, 15) is 4.39 Å². The van der Waals surface area contributed by atoms with Gasteiger partial charge in [0.15, 0.2) is 5.13 Å². The van der Waals surface area contributed by atoms with Crippen LogP contribution in [0, 0.1) is 5.41 Å². The second-order valence-corrected chi connectivity index (χ2v) is 3.39. The molecule has 0 amide bonds. The highest BCUT2D eigenvalue weighted by Crippen LogP contribution is 2.63. The lowest BCUT2D eigenvalue weighted by Gasteiger charge is -2.04. The van der Waals surface area contributed by atoms with Gasteiger partial charge in [-0.2, -0.15) is 0 Å². The fourth-order valence-electron chi connectivity index (χ4n) is 0.829. The van der Waals surface area contributed by atoms with Gasteiger partial charge in [0.2, 0.25) is 0 Å². The Kier molecular flexibility index (Phi) is 1.10. The topological polar surface area (TPSA) is 0 Å². The van der Waals surface area contributed by atoms with Crippen molar-refractivity contribution in [3.8, 4) is 0 Å². The van der Waals surface area contributed by atoms with Crippen LogP contribution in [0.15, 0.2) is 0 Å². The van der Waals surface area contributed by atoms with Crippen LogP contribution < -0.4 is 0 Å². The second kappa shape index (κ2) is 1.38. The molecule has 0 saturated heterocycles. The highest BCUT2D eigenvalue weighted by molar-refractivity contribution is 6.25. The van der Waals surface area contributed by atoms with Gasteiger partial charge in [-0.05, 0) is 6.42 Å². The van der Waals surface area contributed by atoms with Crippen molar-refractivity contribution in [3.63, 3.8) is 0 Å². The highest BCUT2D eigenvalue weighted by Gasteiger charge is 2.63. The highest BCUT2D eigenvalue weighted by atomic mass is 35.5. The molecule has 0 aromatic heterocycles. The van der Waals surface area contributed by atoms with Crippen molar-refractivity contribution in [3.05, 3.63) is 0 Å². The van der Waals surface area contributed by atoms with E-state index in [1.807, 2.05) is 13.8 Å². The third kappa shape index (κ3) is 0.644. The molecule has 0 aromatic carbocycles. The maximum absolute atomic E-state index is 12.6. The standard InChI is InChI=1S/C6H10ClF/c1-3-5(2)4-6(5,7)8/h3-4H2,1-2H3. The quantitative estimate of drug-likeness (QED) is 0.487. The van der Waals surface area contributed by atoms with E-state index in [0.717, 1.165) is 6.42 Å². The third-order valence-corrected chi connectivity index (χ3v) is 2.74. The Morgan fingerprint density at radius 1 is 1.75 bits per heavy atom. The molecular weight excluding hydrogens is 127 g/mol. The van der Waals surface area contributed by atoms with Crippen molar-refractivity contribution in [1.82, 2.24) is 0 Å². The third-order valence-electron chi connectivity index (χ3n) is 2.15. The molecule has 2 atom stereocenters. The van der Waals surface area contributed by atoms with E-state index in [4.69, 9.17) is 11.6 Å². The summed E-state index contributed by atoms with van der Waals surface area (Å²) in [7, 11) is 0. The molecule has 0 radical (unpaired) electrons. The summed E-state index contributed by atoms with van der Waals surface area (Å²) in [6.45, 7) is 3.84. The van der Waals surface area contributed by atoms with Crippen LogP contribution in [0.25, 0.3) is 0 Å². The van der Waals surface area contributed by atoms with Crippen LogP contribution in [0.4, 0.5) is 4.39 Å². The summed E-state index contributed by atoms with van der Waals surface area (Å²) < 4.78 is 12.6. The molecule has 1 rings (SSSR count). The van der Waals surface area contributed by atoms with Gasteiger partial charge in [-0.3, -0.25) is 0 Å². The molecule has 1 saturated carbocycles. The molecule has 1 aliphatic rings. The molecule has 0 nitrogen and oxygen atoms in total. The average molecular weight is 137 g/mol. The predicted molar refractivity (Wildman–Crippen MR) is 32.7 cm³/mol. The van der Waals surface area contributed by atoms with Gasteiger partial charge in [0.05, 0.1) is 0 Å². The number of hydrogen-bond acceptors (Lipinski definition) is 0. The van der Waals surface area contributed by atoms with E-state index in [-0.39, 0.29) is 5.41 Å². The minimum absolute atomic E-state index is 0.214. The summed E-state index contributed by atoms with van der Waals surface area (Å²) in [6.07, 6.45) is 1.37. The van der Waals surface area contributed by atoms with E-state index in [1.54, 1.807) is 0 Å². The number of hydrogen-bond donors (Lipinski definition) is 0. The Labute approximate surface area is 54.0 Å². The van der Waals surface area contributed by atoms with Crippen LogP contribution >= 0.6 is 11.6 Å². The second-order valence-electron chi connectivity index (χ2n) is 2.80. The number of halogens is 2. The zero-order chi connectivity index (χ0) is 6.41. The molecule has 0 aliphatic heterocycles. The normalized spacial score (nSPS) is 54.0. The Morgan fingerprint density at radius 2 is 2.12 bits per heavy atom. The monoisotopic (exact) mass is 136 g/mol. The van der Waals surface area contributed by atoms with Gasteiger partial charge < -0.3 is 0 Å². The minimum atomic E-state index is -1.37. The van der Waals surface area contributed by atoms with Crippen molar-refractivity contribution < 1.29 is 4.39 Å². The molecule has 1 fully saturated rings. The first-order valence-electron chi connectivity index (χ1n) is 2.90. The van der Waals surface area contributed by atoms with Crippen molar-refractivity contribution >= 4 is 11.6 Å². The van der Waals surface area contributed by atoms with Crippen molar-refractivity contribution in [2.45, 2.75) is 31.8 Å². The summed E-state index contributed by atoms with van der Waals surface area (Å²) in [6, 6.07) is 0. The van der Waals surface area contributed by atoms with Crippen LogP contribution in [0.1, 0.15) is 26.7 Å². The van der Waals surface area contributed by atoms with Crippen molar-refractivity contribution in [2.24, 2.45) is 5.41 Å². The van der Waals surface area contributed by atoms with Crippen LogP contribution in [-0.4, -0.2) is 5.13 Å². The fourth-order valence-corrected chi connectivity index (χ4v) is 1.26. The molecule has 2 heteroatoms. The van der Waals surface area contributed by atoms with Gasteiger partial charge in [-0.15, -0.1) is 0 Å².